The van der Waals surface area contributed by atoms with Gasteiger partial charge < -0.3 is 0 Å². The van der Waals surface area contributed by atoms with Crippen LogP contribution in [-0.4, -0.2) is 0 Å². The minimum absolute atomic E-state index is 0.394. The quantitative estimate of drug-likeness (QED) is 0.589. The maximum absolute atomic E-state index is 7.71. The smallest absolute Gasteiger partial charge is 0.0316 e. The average Bonchev–Trinajstić information content (AvgIpc) is 2.02. The molecule has 54 valence electrons. The molecule has 1 aromatic carbocycles. The molecule has 0 N–H and O–H groups in total. The Morgan fingerprint density at radius 2 is 2.30 bits per heavy atom. The Morgan fingerprint density at radius 1 is 1.50 bits per heavy atom. The predicted molar refractivity (Wildman–Crippen MR) is 45.2 cm³/mol. The third-order valence-corrected chi connectivity index (χ3v) is 1.29. The molecule has 0 saturated heterocycles. The molecule has 0 radical (unpaired) electrons. The molecular formula is C10H14. The van der Waals surface area contributed by atoms with Crippen molar-refractivity contribution in [2.45, 2.75) is 26.6 Å². The van der Waals surface area contributed by atoms with Crippen LogP contribution in [0.15, 0.2) is 24.3 Å². The van der Waals surface area contributed by atoms with Gasteiger partial charge in [0.05, 0.1) is 0 Å². The Hall–Kier alpha value is -0.780. The predicted octanol–water partition coefficient (Wildman–Crippen LogP) is 2.95. The average molecular weight is 138 g/mol. The van der Waals surface area contributed by atoms with Crippen molar-refractivity contribution in [1.82, 2.24) is 0 Å². The highest BCUT2D eigenvalue weighted by Crippen LogP contribution is 2.05. The first kappa shape index (κ1) is 3.56. The van der Waals surface area contributed by atoms with E-state index < -0.39 is 12.7 Å². The van der Waals surface area contributed by atoms with Gasteiger partial charge in [-0.25, -0.2) is 0 Å². The summed E-state index contributed by atoms with van der Waals surface area (Å²) < 4.78 is 30.3. The second-order valence-corrected chi connectivity index (χ2v) is 2.24. The van der Waals surface area contributed by atoms with Crippen molar-refractivity contribution < 1.29 is 5.48 Å². The first-order valence-electron chi connectivity index (χ1n) is 5.32. The van der Waals surface area contributed by atoms with E-state index in [2.05, 4.69) is 0 Å². The van der Waals surface area contributed by atoms with Gasteiger partial charge in [0.25, 0.3) is 0 Å². The summed E-state index contributed by atoms with van der Waals surface area (Å²) >= 11 is 0. The molecule has 0 amide bonds. The fourth-order valence-electron chi connectivity index (χ4n) is 0.867. The van der Waals surface area contributed by atoms with Gasteiger partial charge in [-0.3, -0.25) is 0 Å². The SMILES string of the molecule is [2H]C([2H])(C)C([2H])([2H])c1cccc(C)c1. The maximum atomic E-state index is 7.71. The highest BCUT2D eigenvalue weighted by Gasteiger charge is 1.88. The summed E-state index contributed by atoms with van der Waals surface area (Å²) in [5.74, 6) is 0. The normalized spacial score (nSPS) is 18.6. The van der Waals surface area contributed by atoms with E-state index in [1.165, 1.54) is 6.92 Å². The number of benzene rings is 1. The number of hydrogen-bond acceptors (Lipinski definition) is 0. The number of hydrogen-bond donors (Lipinski definition) is 0. The van der Waals surface area contributed by atoms with Crippen LogP contribution in [0, 0.1) is 6.92 Å². The van der Waals surface area contributed by atoms with Crippen LogP contribution in [0.3, 0.4) is 0 Å². The van der Waals surface area contributed by atoms with Crippen molar-refractivity contribution in [3.8, 4) is 0 Å². The molecule has 0 bridgehead atoms. The van der Waals surface area contributed by atoms with E-state index in [1.54, 1.807) is 18.2 Å². The second kappa shape index (κ2) is 3.40. The van der Waals surface area contributed by atoms with Gasteiger partial charge >= 0.3 is 0 Å². The first-order valence-corrected chi connectivity index (χ1v) is 3.32. The van der Waals surface area contributed by atoms with Crippen molar-refractivity contribution >= 4 is 0 Å². The van der Waals surface area contributed by atoms with Gasteiger partial charge in [-0.2, -0.15) is 0 Å². The molecule has 0 aromatic heterocycles. The van der Waals surface area contributed by atoms with Crippen LogP contribution in [0.25, 0.3) is 0 Å². The summed E-state index contributed by atoms with van der Waals surface area (Å²) in [6.07, 6.45) is -3.82. The van der Waals surface area contributed by atoms with Crippen LogP contribution in [0.2, 0.25) is 0 Å². The zero-order valence-electron chi connectivity index (χ0n) is 10.3. The number of rotatable bonds is 2. The standard InChI is InChI=1S/C10H14/c1-3-5-10-7-4-6-9(2)8-10/h4,6-8H,3,5H2,1-2H3/i3D2,5D2. The van der Waals surface area contributed by atoms with Crippen molar-refractivity contribution in [1.29, 1.82) is 0 Å². The van der Waals surface area contributed by atoms with Crippen molar-refractivity contribution in [3.05, 3.63) is 35.4 Å². The van der Waals surface area contributed by atoms with Gasteiger partial charge in [0.1, 0.15) is 0 Å². The van der Waals surface area contributed by atoms with Crippen LogP contribution in [0.4, 0.5) is 0 Å². The Morgan fingerprint density at radius 3 is 2.90 bits per heavy atom. The topological polar surface area (TPSA) is 0 Å². The number of aryl methyl sites for hydroxylation is 2. The molecule has 0 aliphatic heterocycles. The summed E-state index contributed by atoms with van der Waals surface area (Å²) in [4.78, 5) is 0. The minimum Gasteiger partial charge on any atom is -0.0651 e. The maximum Gasteiger partial charge on any atom is 0.0316 e. The zero-order chi connectivity index (χ0) is 11.0. The molecule has 1 rings (SSSR count). The summed E-state index contributed by atoms with van der Waals surface area (Å²) in [5.41, 5.74) is 1.33. The first-order chi connectivity index (χ1) is 6.25. The molecular weight excluding hydrogens is 120 g/mol. The van der Waals surface area contributed by atoms with Gasteiger partial charge in [-0.15, -0.1) is 0 Å². The third kappa shape index (κ3) is 1.87. The highest BCUT2D eigenvalue weighted by atomic mass is 13.9. The van der Waals surface area contributed by atoms with Crippen LogP contribution in [-0.2, 0) is 6.37 Å². The molecule has 0 nitrogen and oxygen atoms in total. The Kier molecular flexibility index (Phi) is 1.21. The molecule has 0 heteroatoms. The van der Waals surface area contributed by atoms with E-state index in [1.807, 2.05) is 13.0 Å². The molecule has 0 aliphatic carbocycles. The highest BCUT2D eigenvalue weighted by molar-refractivity contribution is 5.21. The van der Waals surface area contributed by atoms with E-state index >= 15 is 0 Å². The van der Waals surface area contributed by atoms with Crippen LogP contribution in [0.1, 0.15) is 29.9 Å². The Balaban J connectivity index is 3.16. The van der Waals surface area contributed by atoms with Gasteiger partial charge in [0.15, 0.2) is 0 Å². The van der Waals surface area contributed by atoms with Crippen molar-refractivity contribution in [3.63, 3.8) is 0 Å². The third-order valence-electron chi connectivity index (χ3n) is 1.29. The molecule has 0 atom stereocenters. The van der Waals surface area contributed by atoms with Crippen molar-refractivity contribution in [2.75, 3.05) is 0 Å². The zero-order valence-corrected chi connectivity index (χ0v) is 6.31. The fraction of sp³-hybridized carbons (Fsp3) is 0.400. The molecule has 0 fully saturated rings. The molecule has 0 spiro atoms. The van der Waals surface area contributed by atoms with Gasteiger partial charge in [0.2, 0.25) is 0 Å². The molecule has 0 saturated carbocycles. The second-order valence-electron chi connectivity index (χ2n) is 2.24. The lowest BCUT2D eigenvalue weighted by Gasteiger charge is -1.97. The summed E-state index contributed by atoms with van der Waals surface area (Å²) in [5, 5.41) is 0. The molecule has 10 heavy (non-hydrogen) atoms. The fourth-order valence-corrected chi connectivity index (χ4v) is 0.867. The largest absolute Gasteiger partial charge is 0.0651 e. The lowest BCUT2D eigenvalue weighted by molar-refractivity contribution is 0.920. The van der Waals surface area contributed by atoms with Crippen LogP contribution >= 0.6 is 0 Å². The van der Waals surface area contributed by atoms with Crippen LogP contribution < -0.4 is 0 Å². The van der Waals surface area contributed by atoms with Gasteiger partial charge in [-0.05, 0) is 18.9 Å². The lowest BCUT2D eigenvalue weighted by Crippen LogP contribution is -1.82. The lowest BCUT2D eigenvalue weighted by atomic mass is 10.1. The Bertz CT molecular complexity index is 325. The summed E-state index contributed by atoms with van der Waals surface area (Å²) in [7, 11) is 0. The molecule has 1 aromatic rings. The molecule has 0 unspecified atom stereocenters. The van der Waals surface area contributed by atoms with Gasteiger partial charge in [-0.1, -0.05) is 43.1 Å². The summed E-state index contributed by atoms with van der Waals surface area (Å²) in [6, 6.07) is 6.91. The van der Waals surface area contributed by atoms with E-state index in [0.717, 1.165) is 5.56 Å². The molecule has 0 heterocycles. The van der Waals surface area contributed by atoms with Gasteiger partial charge in [0, 0.05) is 5.48 Å². The monoisotopic (exact) mass is 138 g/mol. The summed E-state index contributed by atoms with van der Waals surface area (Å²) in [6.45, 7) is 3.13. The minimum atomic E-state index is -1.95. The van der Waals surface area contributed by atoms with Crippen molar-refractivity contribution in [2.24, 2.45) is 0 Å². The molecule has 0 aliphatic rings. The van der Waals surface area contributed by atoms with E-state index in [0.29, 0.717) is 5.56 Å². The van der Waals surface area contributed by atoms with Crippen LogP contribution in [0.5, 0.6) is 0 Å². The Labute approximate surface area is 68.5 Å². The van der Waals surface area contributed by atoms with E-state index in [-0.39, 0.29) is 0 Å². The van der Waals surface area contributed by atoms with E-state index in [4.69, 9.17) is 5.48 Å². The van der Waals surface area contributed by atoms with E-state index in [9.17, 15) is 0 Å².